The molecule has 3 atom stereocenters. The summed E-state index contributed by atoms with van der Waals surface area (Å²) in [6, 6.07) is 11.1. The summed E-state index contributed by atoms with van der Waals surface area (Å²) < 4.78 is 38.9. The van der Waals surface area contributed by atoms with Gasteiger partial charge < -0.3 is 10.0 Å². The fourth-order valence-electron chi connectivity index (χ4n) is 6.95. The van der Waals surface area contributed by atoms with Crippen LogP contribution >= 0.6 is 0 Å². The number of carboxylic acids is 1. The van der Waals surface area contributed by atoms with Gasteiger partial charge in [-0.25, -0.2) is 0 Å². The lowest BCUT2D eigenvalue weighted by Gasteiger charge is -2.35. The zero-order valence-corrected chi connectivity index (χ0v) is 21.2. The van der Waals surface area contributed by atoms with Crippen molar-refractivity contribution in [3.8, 4) is 0 Å². The molecule has 3 fully saturated rings. The van der Waals surface area contributed by atoms with E-state index in [1.54, 1.807) is 0 Å². The van der Waals surface area contributed by atoms with Gasteiger partial charge in [0, 0.05) is 37.2 Å². The van der Waals surface area contributed by atoms with Gasteiger partial charge in [-0.3, -0.25) is 14.8 Å². The van der Waals surface area contributed by atoms with Gasteiger partial charge in [0.05, 0.1) is 0 Å². The molecule has 0 unspecified atom stereocenters. The minimum absolute atomic E-state index is 0.0486. The quantitative estimate of drug-likeness (QED) is 0.517. The lowest BCUT2D eigenvalue weighted by molar-refractivity contribution is -0.145. The first-order valence-corrected chi connectivity index (χ1v) is 13.7. The normalized spacial score (nSPS) is 25.9. The van der Waals surface area contributed by atoms with Crippen LogP contribution in [-0.2, 0) is 11.0 Å². The maximum atomic E-state index is 13.0. The number of nitrogens with zero attached hydrogens (tertiary/aromatic N) is 3. The molecule has 1 aromatic heterocycles. The third kappa shape index (κ3) is 6.03. The van der Waals surface area contributed by atoms with Gasteiger partial charge in [-0.2, -0.15) is 18.3 Å². The largest absolute Gasteiger partial charge is 0.480 e. The van der Waals surface area contributed by atoms with Gasteiger partial charge in [0.2, 0.25) is 0 Å². The number of carboxylic acid groups (broad SMARTS) is 1. The number of piperidine rings is 1. The first-order chi connectivity index (χ1) is 17.8. The summed E-state index contributed by atoms with van der Waals surface area (Å²) in [6.45, 7) is 4.02. The van der Waals surface area contributed by atoms with Crippen LogP contribution < -0.4 is 0 Å². The second-order valence-corrected chi connectivity index (χ2v) is 11.2. The van der Waals surface area contributed by atoms with Crippen LogP contribution in [0.1, 0.15) is 73.7 Å². The summed E-state index contributed by atoms with van der Waals surface area (Å²) in [5.74, 6) is 0.151. The molecule has 0 radical (unpaired) electrons. The van der Waals surface area contributed by atoms with Crippen LogP contribution in [0.25, 0.3) is 0 Å². The van der Waals surface area contributed by atoms with Crippen molar-refractivity contribution in [2.45, 2.75) is 69.0 Å². The highest BCUT2D eigenvalue weighted by molar-refractivity contribution is 5.74. The Balaban J connectivity index is 1.26. The number of nitrogens with one attached hydrogen (secondary N) is 1. The average molecular weight is 519 g/mol. The first-order valence-electron chi connectivity index (χ1n) is 13.7. The second-order valence-electron chi connectivity index (χ2n) is 11.2. The molecule has 3 heterocycles. The van der Waals surface area contributed by atoms with E-state index in [2.05, 4.69) is 44.3 Å². The summed E-state index contributed by atoms with van der Waals surface area (Å²) in [7, 11) is 0. The highest BCUT2D eigenvalue weighted by atomic mass is 19.4. The number of alkyl halides is 3. The minimum Gasteiger partial charge on any atom is -0.480 e. The molecular weight excluding hydrogens is 481 g/mol. The topological polar surface area (TPSA) is 72.5 Å². The fraction of sp³-hybridized carbons (Fsp3) is 0.643. The van der Waals surface area contributed by atoms with Crippen molar-refractivity contribution in [2.24, 2.45) is 11.8 Å². The van der Waals surface area contributed by atoms with Crippen molar-refractivity contribution >= 4 is 5.97 Å². The molecule has 9 heteroatoms. The van der Waals surface area contributed by atoms with Crippen molar-refractivity contribution in [2.75, 3.05) is 32.7 Å². The number of aromatic nitrogens is 2. The summed E-state index contributed by atoms with van der Waals surface area (Å²) in [5, 5.41) is 16.3. The molecule has 1 aromatic carbocycles. The van der Waals surface area contributed by atoms with Crippen molar-refractivity contribution in [3.63, 3.8) is 0 Å². The molecule has 2 aliphatic heterocycles. The number of likely N-dealkylation sites (tertiary alicyclic amines) is 2. The van der Waals surface area contributed by atoms with E-state index in [9.17, 15) is 23.1 Å². The lowest BCUT2D eigenvalue weighted by atomic mass is 9.83. The highest BCUT2D eigenvalue weighted by Crippen LogP contribution is 2.39. The Hall–Kier alpha value is -2.39. The van der Waals surface area contributed by atoms with Crippen LogP contribution in [0.5, 0.6) is 0 Å². The van der Waals surface area contributed by atoms with E-state index in [0.29, 0.717) is 11.6 Å². The monoisotopic (exact) mass is 518 g/mol. The minimum atomic E-state index is -4.43. The molecule has 0 spiro atoms. The van der Waals surface area contributed by atoms with Crippen LogP contribution in [0.15, 0.2) is 36.4 Å². The second kappa shape index (κ2) is 11.2. The maximum absolute atomic E-state index is 13.0. The van der Waals surface area contributed by atoms with E-state index in [1.165, 1.54) is 12.0 Å². The maximum Gasteiger partial charge on any atom is 0.435 e. The molecule has 2 aromatic rings. The van der Waals surface area contributed by atoms with Gasteiger partial charge in [-0.05, 0) is 62.2 Å². The number of hydrogen-bond acceptors (Lipinski definition) is 4. The van der Waals surface area contributed by atoms with Crippen LogP contribution in [0.2, 0.25) is 0 Å². The van der Waals surface area contributed by atoms with Crippen LogP contribution in [0, 0.1) is 11.8 Å². The summed E-state index contributed by atoms with van der Waals surface area (Å²) >= 11 is 0. The molecule has 6 nitrogen and oxygen atoms in total. The number of carbonyl (C=O) groups is 1. The molecule has 0 bridgehead atoms. The molecule has 2 saturated heterocycles. The third-order valence-electron chi connectivity index (χ3n) is 8.85. The molecule has 37 heavy (non-hydrogen) atoms. The van der Waals surface area contributed by atoms with E-state index in [-0.39, 0.29) is 17.8 Å². The molecule has 3 aliphatic rings. The Morgan fingerprint density at radius 2 is 1.76 bits per heavy atom. The Morgan fingerprint density at radius 1 is 1.05 bits per heavy atom. The number of hydrogen-bond donors (Lipinski definition) is 2. The van der Waals surface area contributed by atoms with E-state index < -0.39 is 23.9 Å². The van der Waals surface area contributed by atoms with Gasteiger partial charge in [0.15, 0.2) is 5.69 Å². The van der Waals surface area contributed by atoms with Gasteiger partial charge in [-0.15, -0.1) is 0 Å². The average Bonchev–Trinajstić information content (AvgIpc) is 3.54. The van der Waals surface area contributed by atoms with E-state index in [0.717, 1.165) is 77.3 Å². The van der Waals surface area contributed by atoms with Gasteiger partial charge >= 0.3 is 12.1 Å². The highest BCUT2D eigenvalue weighted by Gasteiger charge is 2.43. The first kappa shape index (κ1) is 26.2. The van der Waals surface area contributed by atoms with E-state index >= 15 is 0 Å². The van der Waals surface area contributed by atoms with Crippen molar-refractivity contribution in [3.05, 3.63) is 53.3 Å². The Morgan fingerprint density at radius 3 is 2.38 bits per heavy atom. The fourth-order valence-corrected chi connectivity index (χ4v) is 6.95. The lowest BCUT2D eigenvalue weighted by Crippen LogP contribution is -2.46. The van der Waals surface area contributed by atoms with Crippen molar-refractivity contribution in [1.29, 1.82) is 0 Å². The Labute approximate surface area is 216 Å². The van der Waals surface area contributed by atoms with Crippen LogP contribution in [-0.4, -0.2) is 69.8 Å². The van der Waals surface area contributed by atoms with E-state index in [4.69, 9.17) is 0 Å². The molecule has 1 saturated carbocycles. The number of aliphatic carboxylic acids is 1. The molecule has 2 N–H and O–H groups in total. The molecule has 1 aliphatic carbocycles. The van der Waals surface area contributed by atoms with Gasteiger partial charge in [0.25, 0.3) is 0 Å². The van der Waals surface area contributed by atoms with Crippen molar-refractivity contribution < 1.29 is 23.1 Å². The van der Waals surface area contributed by atoms with Crippen molar-refractivity contribution in [1.82, 2.24) is 20.0 Å². The number of benzene rings is 1. The zero-order valence-electron chi connectivity index (χ0n) is 21.2. The molecular formula is C28H37F3N4O2. The van der Waals surface area contributed by atoms with Gasteiger partial charge in [-0.1, -0.05) is 49.6 Å². The molecule has 202 valence electrons. The molecule has 5 rings (SSSR count). The predicted octanol–water partition coefficient (Wildman–Crippen LogP) is 5.36. The third-order valence-corrected chi connectivity index (χ3v) is 8.85. The smallest absolute Gasteiger partial charge is 0.435 e. The summed E-state index contributed by atoms with van der Waals surface area (Å²) in [6.07, 6.45) is 2.55. The Bertz CT molecular complexity index is 1030. The van der Waals surface area contributed by atoms with Crippen LogP contribution in [0.4, 0.5) is 13.2 Å². The standard InChI is InChI=1S/C28H37F3N4O2/c29-28(30,31)25-15-24(32-33-25)20-11-13-34(14-12-20)16-22-17-35(18-23(22)19-7-3-1-4-8-19)26(27(36)37)21-9-5-2-6-10-21/h1,3-4,7-8,15,20-23,26H,2,5-6,9-14,16-18H2,(H,32,33)(H,36,37)/t22-,23+,26+/m0/s1. The van der Waals surface area contributed by atoms with E-state index in [1.807, 2.05) is 6.07 Å². The number of H-pyrrole nitrogens is 1. The van der Waals surface area contributed by atoms with Gasteiger partial charge in [0.1, 0.15) is 6.04 Å². The Kier molecular flexibility index (Phi) is 7.91. The summed E-state index contributed by atoms with van der Waals surface area (Å²) in [5.41, 5.74) is 0.973. The summed E-state index contributed by atoms with van der Waals surface area (Å²) in [4.78, 5) is 17.1. The number of rotatable bonds is 7. The number of halogens is 3. The number of aromatic amines is 1. The zero-order chi connectivity index (χ0) is 26.0. The SMILES string of the molecule is O=C(O)[C@@H](C1CCCCC1)N1C[C@H](CN2CCC(c3cc(C(F)(F)F)n[nH]3)CC2)[C@@H](c2ccccc2)C1. The molecule has 0 amide bonds. The predicted molar refractivity (Wildman–Crippen MR) is 134 cm³/mol. The van der Waals surface area contributed by atoms with Crippen LogP contribution in [0.3, 0.4) is 0 Å².